The number of carbonyl (C=O) groups is 2. The first-order valence-electron chi connectivity index (χ1n) is 6.40. The number of hydrogen-bond donors (Lipinski definition) is 0. The van der Waals surface area contributed by atoms with Crippen molar-refractivity contribution in [1.29, 1.82) is 0 Å². The van der Waals surface area contributed by atoms with E-state index in [1.54, 1.807) is 0 Å². The minimum Gasteiger partial charge on any atom is -0.462 e. The lowest BCUT2D eigenvalue weighted by molar-refractivity contribution is -0.196. The molecule has 0 aromatic heterocycles. The molecular weight excluding hydrogens is 369 g/mol. The van der Waals surface area contributed by atoms with Crippen LogP contribution < -0.4 is 0 Å². The molecule has 0 spiro atoms. The van der Waals surface area contributed by atoms with Crippen LogP contribution in [0.1, 0.15) is 34.1 Å². The van der Waals surface area contributed by atoms with Gasteiger partial charge in [0, 0.05) is 5.33 Å². The van der Waals surface area contributed by atoms with Gasteiger partial charge in [0.05, 0.1) is 17.7 Å². The van der Waals surface area contributed by atoms with Gasteiger partial charge in [-0.05, 0) is 30.7 Å². The maximum absolute atomic E-state index is 12.5. The van der Waals surface area contributed by atoms with Crippen molar-refractivity contribution in [2.24, 2.45) is 0 Å². The van der Waals surface area contributed by atoms with Gasteiger partial charge in [-0.1, -0.05) is 22.9 Å². The summed E-state index contributed by atoms with van der Waals surface area (Å²) in [5, 5.41) is -0.552. The van der Waals surface area contributed by atoms with Gasteiger partial charge in [-0.15, -0.1) is 0 Å². The van der Waals surface area contributed by atoms with Gasteiger partial charge in [0.1, 0.15) is 0 Å². The Morgan fingerprint density at radius 3 is 2.05 bits per heavy atom. The van der Waals surface area contributed by atoms with Crippen LogP contribution in [0.4, 0.5) is 13.2 Å². The van der Waals surface area contributed by atoms with E-state index in [0.717, 1.165) is 0 Å². The summed E-state index contributed by atoms with van der Waals surface area (Å²) in [5.41, 5.74) is 0.125. The van der Waals surface area contributed by atoms with Crippen molar-refractivity contribution in [3.63, 3.8) is 0 Å². The Morgan fingerprint density at radius 1 is 1.14 bits per heavy atom. The first-order valence-corrected chi connectivity index (χ1v) is 7.52. The lowest BCUT2D eigenvalue weighted by Gasteiger charge is -2.18. The Bertz CT molecular complexity index is 514. The number of ether oxygens (including phenoxy) is 2. The number of alkyl halides is 4. The SMILES string of the molecule is CCCOC(=O)c1ccc(C(=O)OC(CBr)C(F)(F)F)cc1. The van der Waals surface area contributed by atoms with Crippen LogP contribution in [0, 0.1) is 0 Å². The number of hydrogen-bond acceptors (Lipinski definition) is 4. The van der Waals surface area contributed by atoms with Gasteiger partial charge in [-0.25, -0.2) is 9.59 Å². The standard InChI is InChI=1S/C14H14BrF3O4/c1-2-7-21-12(19)9-3-5-10(6-4-9)13(20)22-11(8-15)14(16,17)18/h3-6,11H,2,7-8H2,1H3. The fourth-order valence-corrected chi connectivity index (χ4v) is 1.90. The van der Waals surface area contributed by atoms with E-state index in [4.69, 9.17) is 4.74 Å². The lowest BCUT2D eigenvalue weighted by atomic mass is 10.1. The molecule has 0 aliphatic heterocycles. The molecule has 8 heteroatoms. The molecule has 4 nitrogen and oxygen atoms in total. The minimum absolute atomic E-state index is 0.0813. The molecule has 0 amide bonds. The fraction of sp³-hybridized carbons (Fsp3) is 0.429. The van der Waals surface area contributed by atoms with E-state index in [1.165, 1.54) is 24.3 Å². The normalized spacial score (nSPS) is 12.6. The van der Waals surface area contributed by atoms with Gasteiger partial charge >= 0.3 is 18.1 Å². The van der Waals surface area contributed by atoms with E-state index < -0.39 is 29.5 Å². The molecule has 0 bridgehead atoms. The second-order valence-electron chi connectivity index (χ2n) is 4.30. The molecule has 1 unspecified atom stereocenters. The summed E-state index contributed by atoms with van der Waals surface area (Å²) in [6, 6.07) is 5.02. The van der Waals surface area contributed by atoms with Crippen LogP contribution in [0.15, 0.2) is 24.3 Å². The maximum atomic E-state index is 12.5. The van der Waals surface area contributed by atoms with Crippen molar-refractivity contribution >= 4 is 27.9 Å². The van der Waals surface area contributed by atoms with Crippen molar-refractivity contribution in [3.05, 3.63) is 35.4 Å². The Hall–Kier alpha value is -1.57. The van der Waals surface area contributed by atoms with Crippen LogP contribution in [0.2, 0.25) is 0 Å². The van der Waals surface area contributed by atoms with Crippen molar-refractivity contribution in [2.45, 2.75) is 25.6 Å². The molecule has 1 rings (SSSR count). The van der Waals surface area contributed by atoms with Gasteiger partial charge in [0.2, 0.25) is 6.10 Å². The molecule has 0 saturated carbocycles. The van der Waals surface area contributed by atoms with Crippen molar-refractivity contribution in [3.8, 4) is 0 Å². The van der Waals surface area contributed by atoms with E-state index in [-0.39, 0.29) is 17.7 Å². The Labute approximate surface area is 133 Å². The van der Waals surface area contributed by atoms with E-state index in [1.807, 2.05) is 6.92 Å². The average molecular weight is 383 g/mol. The van der Waals surface area contributed by atoms with Gasteiger partial charge in [-0.2, -0.15) is 13.2 Å². The summed E-state index contributed by atoms with van der Waals surface area (Å²) in [6.07, 6.45) is -6.21. The number of carbonyl (C=O) groups excluding carboxylic acids is 2. The van der Waals surface area contributed by atoms with Gasteiger partial charge in [0.25, 0.3) is 0 Å². The van der Waals surface area contributed by atoms with Crippen LogP contribution in [0.5, 0.6) is 0 Å². The number of rotatable bonds is 6. The Balaban J connectivity index is 2.73. The summed E-state index contributed by atoms with van der Waals surface area (Å²) >= 11 is 2.65. The second-order valence-corrected chi connectivity index (χ2v) is 4.95. The zero-order valence-electron chi connectivity index (χ0n) is 11.7. The lowest BCUT2D eigenvalue weighted by Crippen LogP contribution is -2.35. The fourth-order valence-electron chi connectivity index (χ4n) is 1.40. The highest BCUT2D eigenvalue weighted by atomic mass is 79.9. The molecule has 0 N–H and O–H groups in total. The van der Waals surface area contributed by atoms with Gasteiger partial charge in [0.15, 0.2) is 0 Å². The molecule has 0 heterocycles. The molecule has 1 atom stereocenters. The van der Waals surface area contributed by atoms with Crippen molar-refractivity contribution in [1.82, 2.24) is 0 Å². The highest BCUT2D eigenvalue weighted by Gasteiger charge is 2.42. The maximum Gasteiger partial charge on any atom is 0.426 e. The number of esters is 2. The average Bonchev–Trinajstić information content (AvgIpc) is 2.48. The molecule has 0 radical (unpaired) electrons. The summed E-state index contributed by atoms with van der Waals surface area (Å²) < 4.78 is 46.8. The first kappa shape index (κ1) is 18.5. The van der Waals surface area contributed by atoms with E-state index in [0.29, 0.717) is 6.42 Å². The molecule has 0 aliphatic carbocycles. The second kappa shape index (κ2) is 8.17. The molecule has 0 saturated heterocycles. The highest BCUT2D eigenvalue weighted by Crippen LogP contribution is 2.25. The quantitative estimate of drug-likeness (QED) is 0.555. The summed E-state index contributed by atoms with van der Waals surface area (Å²) in [6.45, 7) is 2.11. The number of benzene rings is 1. The third-order valence-electron chi connectivity index (χ3n) is 2.55. The third kappa shape index (κ3) is 5.32. The minimum atomic E-state index is -4.65. The Morgan fingerprint density at radius 2 is 1.64 bits per heavy atom. The van der Waals surface area contributed by atoms with Crippen LogP contribution in [0.3, 0.4) is 0 Å². The summed E-state index contributed by atoms with van der Waals surface area (Å²) in [4.78, 5) is 23.2. The van der Waals surface area contributed by atoms with Gasteiger partial charge in [-0.3, -0.25) is 0 Å². The van der Waals surface area contributed by atoms with E-state index >= 15 is 0 Å². The molecule has 1 aromatic carbocycles. The Kier molecular flexibility index (Phi) is 6.86. The van der Waals surface area contributed by atoms with Gasteiger partial charge < -0.3 is 9.47 Å². The predicted molar refractivity (Wildman–Crippen MR) is 76.1 cm³/mol. The monoisotopic (exact) mass is 382 g/mol. The summed E-state index contributed by atoms with van der Waals surface area (Å²) in [5.74, 6) is -1.68. The van der Waals surface area contributed by atoms with Crippen molar-refractivity contribution in [2.75, 3.05) is 11.9 Å². The smallest absolute Gasteiger partial charge is 0.426 e. The van der Waals surface area contributed by atoms with Crippen molar-refractivity contribution < 1.29 is 32.2 Å². The topological polar surface area (TPSA) is 52.6 Å². The summed E-state index contributed by atoms with van der Waals surface area (Å²) in [7, 11) is 0. The van der Waals surface area contributed by atoms with Crippen LogP contribution in [-0.4, -0.2) is 36.2 Å². The highest BCUT2D eigenvalue weighted by molar-refractivity contribution is 9.09. The zero-order valence-corrected chi connectivity index (χ0v) is 13.2. The molecular formula is C14H14BrF3O4. The van der Waals surface area contributed by atoms with E-state index in [2.05, 4.69) is 20.7 Å². The largest absolute Gasteiger partial charge is 0.462 e. The molecule has 22 heavy (non-hydrogen) atoms. The van der Waals surface area contributed by atoms with E-state index in [9.17, 15) is 22.8 Å². The molecule has 0 aliphatic rings. The number of halogens is 4. The first-order chi connectivity index (χ1) is 10.3. The predicted octanol–water partition coefficient (Wildman–Crippen LogP) is 3.74. The molecule has 0 fully saturated rings. The van der Waals surface area contributed by atoms with Crippen LogP contribution >= 0.6 is 15.9 Å². The molecule has 1 aromatic rings. The van der Waals surface area contributed by atoms with Crippen LogP contribution in [0.25, 0.3) is 0 Å². The molecule has 122 valence electrons. The van der Waals surface area contributed by atoms with Crippen LogP contribution in [-0.2, 0) is 9.47 Å². The zero-order chi connectivity index (χ0) is 16.8. The third-order valence-corrected chi connectivity index (χ3v) is 3.14.